The van der Waals surface area contributed by atoms with Crippen LogP contribution in [-0.2, 0) is 9.53 Å². The van der Waals surface area contributed by atoms with Crippen LogP contribution in [-0.4, -0.2) is 56.0 Å². The van der Waals surface area contributed by atoms with Crippen molar-refractivity contribution in [3.8, 4) is 0 Å². The van der Waals surface area contributed by atoms with Gasteiger partial charge in [-0.3, -0.25) is 4.79 Å². The van der Waals surface area contributed by atoms with Crippen molar-refractivity contribution in [2.75, 3.05) is 34.3 Å². The van der Waals surface area contributed by atoms with E-state index in [-0.39, 0.29) is 12.5 Å². The number of rotatable bonds is 7. The highest BCUT2D eigenvalue weighted by molar-refractivity contribution is 5.67. The molecule has 0 rings (SSSR count). The predicted octanol–water partition coefficient (Wildman–Crippen LogP) is 1.21. The minimum Gasteiger partial charge on any atom is -0.481 e. The third-order valence-electron chi connectivity index (χ3n) is 1.82. The Morgan fingerprint density at radius 1 is 1.33 bits per heavy atom. The molecule has 4 nitrogen and oxygen atoms in total. The molecular weight excluding hydrogens is 194 g/mol. The molecule has 90 valence electrons. The van der Waals surface area contributed by atoms with Crippen LogP contribution in [0, 0.1) is 5.92 Å². The first kappa shape index (κ1) is 14.4. The van der Waals surface area contributed by atoms with Crippen LogP contribution in [0.3, 0.4) is 0 Å². The SMILES string of the molecule is CC(C)CO[C@H](CC(=O)O)C[N+](C)(C)C. The molecule has 0 radical (unpaired) electrons. The molecule has 0 aliphatic carbocycles. The lowest BCUT2D eigenvalue weighted by atomic mass is 10.2. The van der Waals surface area contributed by atoms with Crippen molar-refractivity contribution in [2.45, 2.75) is 26.4 Å². The molecule has 0 saturated heterocycles. The molecule has 4 heteroatoms. The minimum absolute atomic E-state index is 0.0856. The van der Waals surface area contributed by atoms with E-state index in [0.717, 1.165) is 11.0 Å². The van der Waals surface area contributed by atoms with E-state index >= 15 is 0 Å². The molecule has 0 unspecified atom stereocenters. The molecule has 0 aliphatic heterocycles. The smallest absolute Gasteiger partial charge is 0.306 e. The Labute approximate surface area is 92.4 Å². The topological polar surface area (TPSA) is 46.5 Å². The third kappa shape index (κ3) is 9.69. The van der Waals surface area contributed by atoms with Crippen molar-refractivity contribution in [3.63, 3.8) is 0 Å². The summed E-state index contributed by atoms with van der Waals surface area (Å²) in [5, 5.41) is 8.76. The van der Waals surface area contributed by atoms with E-state index in [1.807, 2.05) is 21.1 Å². The predicted molar refractivity (Wildman–Crippen MR) is 59.7 cm³/mol. The third-order valence-corrected chi connectivity index (χ3v) is 1.82. The highest BCUT2D eigenvalue weighted by Crippen LogP contribution is 2.07. The maximum absolute atomic E-state index is 10.7. The summed E-state index contributed by atoms with van der Waals surface area (Å²) in [6.45, 7) is 5.46. The molecule has 0 aromatic carbocycles. The second kappa shape index (κ2) is 6.08. The second-order valence-corrected chi connectivity index (χ2v) is 5.42. The molecule has 0 aromatic heterocycles. The fraction of sp³-hybridized carbons (Fsp3) is 0.909. The summed E-state index contributed by atoms with van der Waals surface area (Å²) in [5.41, 5.74) is 0. The van der Waals surface area contributed by atoms with Crippen LogP contribution >= 0.6 is 0 Å². The van der Waals surface area contributed by atoms with Gasteiger partial charge < -0.3 is 14.3 Å². The Morgan fingerprint density at radius 2 is 1.87 bits per heavy atom. The first-order valence-corrected chi connectivity index (χ1v) is 5.34. The first-order chi connectivity index (χ1) is 6.70. The van der Waals surface area contributed by atoms with Crippen molar-refractivity contribution < 1.29 is 19.1 Å². The molecule has 0 aliphatic rings. The molecule has 0 amide bonds. The number of hydrogen-bond donors (Lipinski definition) is 1. The van der Waals surface area contributed by atoms with Crippen LogP contribution in [0.4, 0.5) is 0 Å². The maximum Gasteiger partial charge on any atom is 0.306 e. The number of hydrogen-bond acceptors (Lipinski definition) is 2. The zero-order valence-electron chi connectivity index (χ0n) is 10.5. The van der Waals surface area contributed by atoms with Gasteiger partial charge in [0, 0.05) is 6.61 Å². The Kier molecular flexibility index (Phi) is 5.83. The summed E-state index contributed by atoms with van der Waals surface area (Å²) >= 11 is 0. The number of ether oxygens (including phenoxy) is 1. The van der Waals surface area contributed by atoms with Crippen LogP contribution in [0.1, 0.15) is 20.3 Å². The zero-order valence-corrected chi connectivity index (χ0v) is 10.5. The number of carboxylic acids is 1. The van der Waals surface area contributed by atoms with Crippen molar-refractivity contribution in [1.29, 1.82) is 0 Å². The molecule has 0 fully saturated rings. The van der Waals surface area contributed by atoms with Crippen LogP contribution in [0.25, 0.3) is 0 Å². The summed E-state index contributed by atoms with van der Waals surface area (Å²) in [7, 11) is 6.11. The average molecular weight is 218 g/mol. The van der Waals surface area contributed by atoms with Crippen LogP contribution in [0.15, 0.2) is 0 Å². The highest BCUT2D eigenvalue weighted by atomic mass is 16.5. The summed E-state index contributed by atoms with van der Waals surface area (Å²) in [6.07, 6.45) is -0.104. The molecule has 1 atom stereocenters. The normalized spacial score (nSPS) is 14.3. The lowest BCUT2D eigenvalue weighted by molar-refractivity contribution is -0.873. The van der Waals surface area contributed by atoms with Crippen molar-refractivity contribution in [1.82, 2.24) is 0 Å². The lowest BCUT2D eigenvalue weighted by Gasteiger charge is -2.29. The number of likely N-dealkylation sites (N-methyl/N-ethyl adjacent to an activating group) is 1. The van der Waals surface area contributed by atoms with E-state index in [2.05, 4.69) is 13.8 Å². The quantitative estimate of drug-likeness (QED) is 0.653. The number of carboxylic acid groups (broad SMARTS) is 1. The van der Waals surface area contributed by atoms with E-state index < -0.39 is 5.97 Å². The van der Waals surface area contributed by atoms with Crippen LogP contribution in [0.5, 0.6) is 0 Å². The van der Waals surface area contributed by atoms with Gasteiger partial charge >= 0.3 is 5.97 Å². The summed E-state index contributed by atoms with van der Waals surface area (Å²) < 4.78 is 6.31. The molecule has 1 N–H and O–H groups in total. The van der Waals surface area contributed by atoms with Gasteiger partial charge in [0.1, 0.15) is 12.6 Å². The standard InChI is InChI=1S/C11H23NO3/c1-9(2)8-15-10(6-11(13)14)7-12(3,4)5/h9-10H,6-8H2,1-5H3/p+1/t10-/m1/s1. The van der Waals surface area contributed by atoms with Gasteiger partial charge in [-0.05, 0) is 5.92 Å². The van der Waals surface area contributed by atoms with Gasteiger partial charge in [-0.15, -0.1) is 0 Å². The van der Waals surface area contributed by atoms with Crippen LogP contribution < -0.4 is 0 Å². The Hall–Kier alpha value is -0.610. The Bertz CT molecular complexity index is 196. The maximum atomic E-state index is 10.7. The van der Waals surface area contributed by atoms with Gasteiger partial charge in [-0.25, -0.2) is 0 Å². The highest BCUT2D eigenvalue weighted by Gasteiger charge is 2.21. The van der Waals surface area contributed by atoms with Crippen molar-refractivity contribution in [3.05, 3.63) is 0 Å². The summed E-state index contributed by atoms with van der Waals surface area (Å²) in [6, 6.07) is 0. The van der Waals surface area contributed by atoms with E-state index in [4.69, 9.17) is 9.84 Å². The van der Waals surface area contributed by atoms with E-state index in [0.29, 0.717) is 12.5 Å². The minimum atomic E-state index is -0.794. The van der Waals surface area contributed by atoms with E-state index in [9.17, 15) is 4.79 Å². The molecule has 0 heterocycles. The Morgan fingerprint density at radius 3 is 2.20 bits per heavy atom. The summed E-state index contributed by atoms with van der Waals surface area (Å²) in [5.74, 6) is -0.356. The van der Waals surface area contributed by atoms with Crippen LogP contribution in [0.2, 0.25) is 0 Å². The number of carbonyl (C=O) groups is 1. The average Bonchev–Trinajstić information content (AvgIpc) is 1.95. The first-order valence-electron chi connectivity index (χ1n) is 5.34. The largest absolute Gasteiger partial charge is 0.481 e. The van der Waals surface area contributed by atoms with Gasteiger partial charge in [0.15, 0.2) is 0 Å². The Balaban J connectivity index is 4.12. The second-order valence-electron chi connectivity index (χ2n) is 5.42. The number of quaternary nitrogens is 1. The van der Waals surface area contributed by atoms with Crippen molar-refractivity contribution >= 4 is 5.97 Å². The lowest BCUT2D eigenvalue weighted by Crippen LogP contribution is -2.43. The number of aliphatic carboxylic acids is 1. The van der Waals surface area contributed by atoms with E-state index in [1.165, 1.54) is 0 Å². The van der Waals surface area contributed by atoms with Crippen molar-refractivity contribution in [2.24, 2.45) is 5.92 Å². The fourth-order valence-electron chi connectivity index (χ4n) is 1.31. The monoisotopic (exact) mass is 218 g/mol. The molecule has 0 aromatic rings. The molecule has 0 spiro atoms. The van der Waals surface area contributed by atoms with Gasteiger partial charge in [0.25, 0.3) is 0 Å². The van der Waals surface area contributed by atoms with Gasteiger partial charge in [-0.1, -0.05) is 13.8 Å². The molecule has 15 heavy (non-hydrogen) atoms. The fourth-order valence-corrected chi connectivity index (χ4v) is 1.31. The van der Waals surface area contributed by atoms with Gasteiger partial charge in [-0.2, -0.15) is 0 Å². The number of nitrogens with zero attached hydrogens (tertiary/aromatic N) is 1. The molecule has 0 bridgehead atoms. The van der Waals surface area contributed by atoms with Gasteiger partial charge in [0.05, 0.1) is 27.6 Å². The summed E-state index contributed by atoms with van der Waals surface area (Å²) in [4.78, 5) is 10.7. The zero-order chi connectivity index (χ0) is 12.1. The van der Waals surface area contributed by atoms with E-state index in [1.54, 1.807) is 0 Å². The molecule has 0 saturated carbocycles. The van der Waals surface area contributed by atoms with Gasteiger partial charge in [0.2, 0.25) is 0 Å². The molecular formula is C11H24NO3+.